The summed E-state index contributed by atoms with van der Waals surface area (Å²) in [6, 6.07) is 0.861. The third-order valence-corrected chi connectivity index (χ3v) is 2.36. The van der Waals surface area contributed by atoms with Crippen molar-refractivity contribution < 1.29 is 22.4 Å². The summed E-state index contributed by atoms with van der Waals surface area (Å²) in [4.78, 5) is 16.2. The summed E-state index contributed by atoms with van der Waals surface area (Å²) in [7, 11) is 1.44. The first-order chi connectivity index (χ1) is 8.78. The summed E-state index contributed by atoms with van der Waals surface area (Å²) in [5.74, 6) is -1.67. The van der Waals surface area contributed by atoms with Crippen molar-refractivity contribution in [3.8, 4) is 0 Å². The Morgan fingerprint density at radius 1 is 1.47 bits per heavy atom. The summed E-state index contributed by atoms with van der Waals surface area (Å²) in [5.41, 5.74) is -0.228. The van der Waals surface area contributed by atoms with Gasteiger partial charge in [0.05, 0.1) is 11.8 Å². The molecule has 19 heavy (non-hydrogen) atoms. The Labute approximate surface area is 107 Å². The average molecular weight is 279 g/mol. The van der Waals surface area contributed by atoms with Gasteiger partial charge in [-0.3, -0.25) is 4.79 Å². The molecule has 1 heterocycles. The Bertz CT molecular complexity index is 462. The number of aromatic nitrogens is 1. The minimum Gasteiger partial charge on any atom is -0.372 e. The first-order valence-electron chi connectivity index (χ1n) is 5.47. The van der Waals surface area contributed by atoms with Crippen LogP contribution in [0.2, 0.25) is 0 Å². The molecule has 0 spiro atoms. The number of hydrogen-bond acceptors (Lipinski definition) is 3. The van der Waals surface area contributed by atoms with Gasteiger partial charge in [-0.2, -0.15) is 13.2 Å². The molecule has 0 saturated carbocycles. The molecule has 1 amide bonds. The third kappa shape index (κ3) is 4.08. The molecule has 1 N–H and O–H groups in total. The van der Waals surface area contributed by atoms with Crippen molar-refractivity contribution in [3.05, 3.63) is 23.6 Å². The largest absolute Gasteiger partial charge is 0.406 e. The van der Waals surface area contributed by atoms with Gasteiger partial charge in [0.25, 0.3) is 5.91 Å². The first-order valence-corrected chi connectivity index (χ1v) is 5.47. The van der Waals surface area contributed by atoms with Crippen LogP contribution in [0.3, 0.4) is 0 Å². The van der Waals surface area contributed by atoms with Crippen LogP contribution in [-0.2, 0) is 0 Å². The number of anilines is 1. The van der Waals surface area contributed by atoms with E-state index in [0.717, 1.165) is 12.3 Å². The SMILES string of the molecule is CCN(CC(F)(F)F)C(=O)c1cc(F)cnc1NC. The van der Waals surface area contributed by atoms with Crippen molar-refractivity contribution in [2.75, 3.05) is 25.5 Å². The molecule has 106 valence electrons. The Hall–Kier alpha value is -1.86. The fourth-order valence-corrected chi connectivity index (χ4v) is 1.52. The van der Waals surface area contributed by atoms with Gasteiger partial charge < -0.3 is 10.2 Å². The lowest BCUT2D eigenvalue weighted by Gasteiger charge is -2.23. The van der Waals surface area contributed by atoms with Gasteiger partial charge in [-0.25, -0.2) is 9.37 Å². The number of carbonyl (C=O) groups excluding carboxylic acids is 1. The monoisotopic (exact) mass is 279 g/mol. The molecule has 0 aliphatic heterocycles. The van der Waals surface area contributed by atoms with Crippen molar-refractivity contribution >= 4 is 11.7 Å². The average Bonchev–Trinajstić information content (AvgIpc) is 2.34. The molecule has 1 aromatic rings. The minimum absolute atomic E-state index is 0.0343. The lowest BCUT2D eigenvalue weighted by Crippen LogP contribution is -2.39. The van der Waals surface area contributed by atoms with Gasteiger partial charge in [-0.05, 0) is 13.0 Å². The number of alkyl halides is 3. The van der Waals surface area contributed by atoms with Crippen LogP contribution in [0.4, 0.5) is 23.4 Å². The Morgan fingerprint density at radius 3 is 2.58 bits per heavy atom. The summed E-state index contributed by atoms with van der Waals surface area (Å²) in [6.45, 7) is -0.116. The molecule has 0 aliphatic rings. The molecule has 0 aromatic carbocycles. The number of nitrogens with zero attached hydrogens (tertiary/aromatic N) is 2. The molecule has 0 atom stereocenters. The van der Waals surface area contributed by atoms with Crippen LogP contribution in [0.1, 0.15) is 17.3 Å². The van der Waals surface area contributed by atoms with E-state index >= 15 is 0 Å². The van der Waals surface area contributed by atoms with Gasteiger partial charge in [0.2, 0.25) is 0 Å². The summed E-state index contributed by atoms with van der Waals surface area (Å²) < 4.78 is 50.1. The van der Waals surface area contributed by atoms with Crippen molar-refractivity contribution in [3.63, 3.8) is 0 Å². The van der Waals surface area contributed by atoms with Crippen LogP contribution >= 0.6 is 0 Å². The summed E-state index contributed by atoms with van der Waals surface area (Å²) >= 11 is 0. The number of amides is 1. The number of halogens is 4. The predicted molar refractivity (Wildman–Crippen MR) is 61.4 cm³/mol. The zero-order valence-electron chi connectivity index (χ0n) is 10.4. The normalized spacial score (nSPS) is 11.3. The second-order valence-corrected chi connectivity index (χ2v) is 3.73. The van der Waals surface area contributed by atoms with E-state index in [1.807, 2.05) is 0 Å². The summed E-state index contributed by atoms with van der Waals surface area (Å²) in [6.07, 6.45) is -3.63. The van der Waals surface area contributed by atoms with E-state index in [1.54, 1.807) is 0 Å². The number of hydrogen-bond donors (Lipinski definition) is 1. The molecule has 0 radical (unpaired) electrons. The molecule has 4 nitrogen and oxygen atoms in total. The fourth-order valence-electron chi connectivity index (χ4n) is 1.52. The standard InChI is InChI=1S/C11H13F4N3O/c1-3-18(6-11(13,14)15)10(19)8-4-7(12)5-17-9(8)16-2/h4-5H,3,6H2,1-2H3,(H,16,17). The molecule has 0 bridgehead atoms. The Kier molecular flexibility index (Phi) is 4.68. The second-order valence-electron chi connectivity index (χ2n) is 3.73. The van der Waals surface area contributed by atoms with Crippen molar-refractivity contribution in [1.82, 2.24) is 9.88 Å². The Balaban J connectivity index is 3.06. The quantitative estimate of drug-likeness (QED) is 0.860. The van der Waals surface area contributed by atoms with Crippen LogP contribution in [0.15, 0.2) is 12.3 Å². The van der Waals surface area contributed by atoms with Crippen molar-refractivity contribution in [1.29, 1.82) is 0 Å². The highest BCUT2D eigenvalue weighted by Gasteiger charge is 2.33. The lowest BCUT2D eigenvalue weighted by molar-refractivity contribution is -0.140. The maximum Gasteiger partial charge on any atom is 0.406 e. The molecule has 1 rings (SSSR count). The number of nitrogens with one attached hydrogen (secondary N) is 1. The highest BCUT2D eigenvalue weighted by molar-refractivity contribution is 5.98. The molecule has 0 fully saturated rings. The van der Waals surface area contributed by atoms with Crippen LogP contribution < -0.4 is 5.32 Å². The second kappa shape index (κ2) is 5.85. The van der Waals surface area contributed by atoms with E-state index in [0.29, 0.717) is 4.90 Å². The van der Waals surface area contributed by atoms with E-state index in [4.69, 9.17) is 0 Å². The smallest absolute Gasteiger partial charge is 0.372 e. The maximum atomic E-state index is 13.1. The van der Waals surface area contributed by atoms with E-state index in [2.05, 4.69) is 10.3 Å². The Morgan fingerprint density at radius 2 is 2.11 bits per heavy atom. The lowest BCUT2D eigenvalue weighted by atomic mass is 10.2. The first kappa shape index (κ1) is 15.2. The molecule has 0 unspecified atom stereocenters. The van der Waals surface area contributed by atoms with Gasteiger partial charge in [-0.1, -0.05) is 0 Å². The van der Waals surface area contributed by atoms with Crippen molar-refractivity contribution in [2.45, 2.75) is 13.1 Å². The topological polar surface area (TPSA) is 45.2 Å². The molecule has 8 heteroatoms. The van der Waals surface area contributed by atoms with Gasteiger partial charge in [-0.15, -0.1) is 0 Å². The van der Waals surface area contributed by atoms with Crippen LogP contribution in [0.25, 0.3) is 0 Å². The fraction of sp³-hybridized carbons (Fsp3) is 0.455. The number of carbonyl (C=O) groups is 1. The third-order valence-electron chi connectivity index (χ3n) is 2.36. The minimum atomic E-state index is -4.51. The van der Waals surface area contributed by atoms with Gasteiger partial charge in [0.15, 0.2) is 0 Å². The van der Waals surface area contributed by atoms with Crippen LogP contribution in [0, 0.1) is 5.82 Å². The van der Waals surface area contributed by atoms with E-state index in [1.165, 1.54) is 14.0 Å². The number of rotatable bonds is 4. The van der Waals surface area contributed by atoms with E-state index in [9.17, 15) is 22.4 Å². The predicted octanol–water partition coefficient (Wildman–Crippen LogP) is 2.29. The molecule has 1 aromatic heterocycles. The number of pyridine rings is 1. The van der Waals surface area contributed by atoms with Crippen LogP contribution in [0.5, 0.6) is 0 Å². The van der Waals surface area contributed by atoms with E-state index < -0.39 is 24.4 Å². The summed E-state index contributed by atoms with van der Waals surface area (Å²) in [5, 5.41) is 2.54. The highest BCUT2D eigenvalue weighted by atomic mass is 19.4. The highest BCUT2D eigenvalue weighted by Crippen LogP contribution is 2.20. The van der Waals surface area contributed by atoms with Crippen molar-refractivity contribution in [2.24, 2.45) is 0 Å². The zero-order chi connectivity index (χ0) is 14.6. The van der Waals surface area contributed by atoms with Gasteiger partial charge in [0.1, 0.15) is 18.2 Å². The van der Waals surface area contributed by atoms with Crippen LogP contribution in [-0.4, -0.2) is 42.1 Å². The molecular formula is C11H13F4N3O. The van der Waals surface area contributed by atoms with Gasteiger partial charge >= 0.3 is 6.18 Å². The maximum absolute atomic E-state index is 13.1. The molecule has 0 saturated heterocycles. The van der Waals surface area contributed by atoms with E-state index in [-0.39, 0.29) is 17.9 Å². The van der Waals surface area contributed by atoms with Gasteiger partial charge in [0, 0.05) is 13.6 Å². The molecular weight excluding hydrogens is 266 g/mol. The molecule has 0 aliphatic carbocycles. The zero-order valence-corrected chi connectivity index (χ0v) is 10.4.